The minimum absolute atomic E-state index is 1.25. The van der Waals surface area contributed by atoms with Gasteiger partial charge in [0.25, 0.3) is 0 Å². The zero-order valence-electron chi connectivity index (χ0n) is 3.42. The maximum Gasteiger partial charge on any atom is 0.151 e. The van der Waals surface area contributed by atoms with E-state index in [0.717, 1.165) is 0 Å². The standard InChI is InChI=1S/C3H6.N2O/c1-2-3-1;1-2-3/h1-3H2;. The summed E-state index contributed by atoms with van der Waals surface area (Å²) < 4.78 is 0. The predicted octanol–water partition coefficient (Wildman–Crippen LogP) is 1.01. The molecular formula is C3H6N2O. The summed E-state index contributed by atoms with van der Waals surface area (Å²) in [5.41, 5.74) is 6.64. The molecule has 0 aromatic heterocycles. The number of nitroso groups, excluding NO2 is 1. The molecule has 0 aliphatic heterocycles. The van der Waals surface area contributed by atoms with E-state index in [0.29, 0.717) is 0 Å². The van der Waals surface area contributed by atoms with Crippen LogP contribution in [0.2, 0.25) is 0 Å². The Morgan fingerprint density at radius 2 is 1.50 bits per heavy atom. The molecule has 0 saturated heterocycles. The molecule has 1 aliphatic rings. The molecule has 1 fully saturated rings. The molecule has 0 spiro atoms. The first kappa shape index (κ1) is 5.31. The van der Waals surface area contributed by atoms with Crippen LogP contribution in [0, 0.1) is 4.91 Å². The summed E-state index contributed by atoms with van der Waals surface area (Å²) in [4.78, 5) is 9.36. The number of nitrogens with zero attached hydrogens (tertiary/aromatic N) is 2. The molecule has 1 saturated carbocycles. The van der Waals surface area contributed by atoms with E-state index in [1.807, 2.05) is 0 Å². The molecule has 0 N–H and O–H groups in total. The Labute approximate surface area is 35.9 Å². The van der Waals surface area contributed by atoms with Crippen LogP contribution in [-0.2, 0) is 0 Å². The highest BCUT2D eigenvalue weighted by Crippen LogP contribution is 2.14. The Bertz CT molecular complexity index is 51.1. The van der Waals surface area contributed by atoms with Crippen molar-refractivity contribution in [2.24, 2.45) is 0 Å². The van der Waals surface area contributed by atoms with Crippen LogP contribution in [0.4, 0.5) is 0 Å². The Balaban J connectivity index is 0.0000000833. The van der Waals surface area contributed by atoms with Gasteiger partial charge in [0.2, 0.25) is 0 Å². The molecule has 0 aromatic rings. The van der Waals surface area contributed by atoms with Crippen molar-refractivity contribution in [1.82, 2.24) is 4.97 Å². The van der Waals surface area contributed by atoms with E-state index in [-0.39, 0.29) is 0 Å². The fraction of sp³-hybridized carbons (Fsp3) is 1.00. The lowest BCUT2D eigenvalue weighted by molar-refractivity contribution is 1.50. The summed E-state index contributed by atoms with van der Waals surface area (Å²) >= 11 is 0. The highest BCUT2D eigenvalue weighted by Gasteiger charge is 1.95. The molecule has 3 heteroatoms. The summed E-state index contributed by atoms with van der Waals surface area (Å²) in [6.07, 6.45) is 4.50. The Morgan fingerprint density at radius 1 is 1.33 bits per heavy atom. The largest absolute Gasteiger partial charge is 0.294 e. The van der Waals surface area contributed by atoms with Crippen molar-refractivity contribution in [3.63, 3.8) is 0 Å². The lowest BCUT2D eigenvalue weighted by Gasteiger charge is -1.05. The van der Waals surface area contributed by atoms with Crippen molar-refractivity contribution in [2.45, 2.75) is 19.3 Å². The minimum Gasteiger partial charge on any atom is -0.294 e. The van der Waals surface area contributed by atoms with Gasteiger partial charge in [-0.1, -0.05) is 19.3 Å². The molecule has 34 valence electrons. The summed E-state index contributed by atoms with van der Waals surface area (Å²) in [6, 6.07) is 0. The first-order chi connectivity index (χ1) is 2.91. The maximum atomic E-state index is 8.11. The quantitative estimate of drug-likeness (QED) is 0.320. The van der Waals surface area contributed by atoms with Gasteiger partial charge in [-0.3, -0.25) is 5.53 Å². The van der Waals surface area contributed by atoms with Crippen LogP contribution >= 0.6 is 0 Å². The summed E-state index contributed by atoms with van der Waals surface area (Å²) in [5.74, 6) is 0. The van der Waals surface area contributed by atoms with Crippen LogP contribution in [0.3, 0.4) is 0 Å². The molecule has 6 heavy (non-hydrogen) atoms. The molecule has 0 amide bonds. The summed E-state index contributed by atoms with van der Waals surface area (Å²) in [6.45, 7) is 0. The zero-order valence-corrected chi connectivity index (χ0v) is 3.42. The van der Waals surface area contributed by atoms with Gasteiger partial charge in [-0.05, 0) is 0 Å². The van der Waals surface area contributed by atoms with Crippen LogP contribution in [0.5, 0.6) is 0 Å². The molecule has 0 atom stereocenters. The van der Waals surface area contributed by atoms with Gasteiger partial charge in [-0.25, -0.2) is 0 Å². The van der Waals surface area contributed by atoms with Gasteiger partial charge in [-0.2, -0.15) is 0 Å². The third-order valence-electron chi connectivity index (χ3n) is 0.354. The van der Waals surface area contributed by atoms with Gasteiger partial charge in [0.05, 0.1) is 0 Å². The Kier molecular flexibility index (Phi) is 3.81. The van der Waals surface area contributed by atoms with Crippen molar-refractivity contribution >= 4 is 0 Å². The normalized spacial score (nSPS) is 13.3. The second kappa shape index (κ2) is 4.31. The topological polar surface area (TPSA) is 53.5 Å². The van der Waals surface area contributed by atoms with Crippen molar-refractivity contribution in [3.8, 4) is 0 Å². The van der Waals surface area contributed by atoms with E-state index in [1.165, 1.54) is 24.2 Å². The molecule has 0 radical (unpaired) electrons. The fourth-order valence-corrected chi connectivity index (χ4v) is 0. The SMILES string of the molecule is C1CC1.[N-]=[N+]=O. The summed E-state index contributed by atoms with van der Waals surface area (Å²) in [7, 11) is 0. The van der Waals surface area contributed by atoms with E-state index < -0.39 is 0 Å². The first-order valence-corrected chi connectivity index (χ1v) is 1.88. The fourth-order valence-electron chi connectivity index (χ4n) is 0. The molecule has 0 unspecified atom stereocenters. The van der Waals surface area contributed by atoms with Crippen molar-refractivity contribution in [1.29, 1.82) is 0 Å². The molecule has 1 aliphatic carbocycles. The van der Waals surface area contributed by atoms with E-state index in [1.54, 1.807) is 0 Å². The second-order valence-corrected chi connectivity index (χ2v) is 1.14. The third-order valence-corrected chi connectivity index (χ3v) is 0.354. The van der Waals surface area contributed by atoms with E-state index in [4.69, 9.17) is 10.4 Å². The molecule has 1 rings (SSSR count). The minimum atomic E-state index is 1.25. The maximum absolute atomic E-state index is 8.11. The van der Waals surface area contributed by atoms with Gasteiger partial charge >= 0.3 is 0 Å². The average molecular weight is 86.1 g/mol. The van der Waals surface area contributed by atoms with Crippen molar-refractivity contribution in [3.05, 3.63) is 10.4 Å². The van der Waals surface area contributed by atoms with Gasteiger partial charge in [0, 0.05) is 0 Å². The molecule has 0 bridgehead atoms. The first-order valence-electron chi connectivity index (χ1n) is 1.88. The lowest BCUT2D eigenvalue weighted by Crippen LogP contribution is -1.21. The number of rotatable bonds is 0. The Hall–Kier alpha value is -0.690. The average Bonchev–Trinajstić information content (AvgIpc) is 2.11. The smallest absolute Gasteiger partial charge is 0.151 e. The molecule has 0 heterocycles. The Morgan fingerprint density at radius 3 is 1.50 bits per heavy atom. The van der Waals surface area contributed by atoms with Crippen molar-refractivity contribution in [2.75, 3.05) is 0 Å². The van der Waals surface area contributed by atoms with E-state index in [2.05, 4.69) is 0 Å². The molecule has 3 nitrogen and oxygen atoms in total. The van der Waals surface area contributed by atoms with Gasteiger partial charge in [0.15, 0.2) is 4.91 Å². The van der Waals surface area contributed by atoms with Crippen LogP contribution in [0.15, 0.2) is 0 Å². The number of hydrogen-bond acceptors (Lipinski definition) is 1. The second-order valence-electron chi connectivity index (χ2n) is 1.14. The molecule has 0 aromatic carbocycles. The predicted molar refractivity (Wildman–Crippen MR) is 22.7 cm³/mol. The van der Waals surface area contributed by atoms with Crippen LogP contribution in [-0.4, -0.2) is 0 Å². The monoisotopic (exact) mass is 86.0 g/mol. The number of hydrogen-bond donors (Lipinski definition) is 0. The van der Waals surface area contributed by atoms with E-state index >= 15 is 0 Å². The van der Waals surface area contributed by atoms with E-state index in [9.17, 15) is 0 Å². The van der Waals surface area contributed by atoms with Crippen molar-refractivity contribution < 1.29 is 0 Å². The van der Waals surface area contributed by atoms with Gasteiger partial charge in [0.1, 0.15) is 4.97 Å². The molecular weight excluding hydrogens is 80.0 g/mol. The van der Waals surface area contributed by atoms with Crippen LogP contribution < -0.4 is 4.97 Å². The lowest BCUT2D eigenvalue weighted by atomic mass is 11.0. The highest BCUT2D eigenvalue weighted by molar-refractivity contribution is 4.50. The summed E-state index contributed by atoms with van der Waals surface area (Å²) in [5, 5.41) is 0. The van der Waals surface area contributed by atoms with Gasteiger partial charge < -0.3 is 0 Å². The zero-order chi connectivity index (χ0) is 4.83. The van der Waals surface area contributed by atoms with Crippen LogP contribution in [0.1, 0.15) is 19.3 Å². The highest BCUT2D eigenvalue weighted by atomic mass is 16.2. The van der Waals surface area contributed by atoms with Crippen LogP contribution in [0.25, 0.3) is 5.53 Å². The third kappa shape index (κ3) is 184. The van der Waals surface area contributed by atoms with Gasteiger partial charge in [-0.15, -0.1) is 0 Å².